The lowest BCUT2D eigenvalue weighted by atomic mass is 9.99. The van der Waals surface area contributed by atoms with Crippen LogP contribution in [0.3, 0.4) is 0 Å². The Balaban J connectivity index is 2.06. The summed E-state index contributed by atoms with van der Waals surface area (Å²) in [5, 5.41) is 17.5. The predicted octanol–water partition coefficient (Wildman–Crippen LogP) is -0.305. The van der Waals surface area contributed by atoms with Gasteiger partial charge in [0.05, 0.1) is 0 Å². The van der Waals surface area contributed by atoms with Gasteiger partial charge in [0.2, 0.25) is 0 Å². The highest BCUT2D eigenvalue weighted by atomic mass is 32.2. The highest BCUT2D eigenvalue weighted by Gasteiger charge is 2.38. The van der Waals surface area contributed by atoms with E-state index in [4.69, 9.17) is 11.1 Å². The van der Waals surface area contributed by atoms with Gasteiger partial charge >= 0.3 is 10.2 Å². The second-order valence-electron chi connectivity index (χ2n) is 5.66. The van der Waals surface area contributed by atoms with E-state index in [1.807, 2.05) is 0 Å². The van der Waals surface area contributed by atoms with E-state index in [9.17, 15) is 18.3 Å². The largest absolute Gasteiger partial charge is 0.506 e. The van der Waals surface area contributed by atoms with Crippen molar-refractivity contribution in [2.45, 2.75) is 6.42 Å². The summed E-state index contributed by atoms with van der Waals surface area (Å²) in [4.78, 5) is 12.9. The first-order valence-corrected chi connectivity index (χ1v) is 8.78. The molecule has 11 heteroatoms. The average molecular weight is 369 g/mol. The van der Waals surface area contributed by atoms with E-state index < -0.39 is 39.9 Å². The normalized spacial score (nSPS) is 19.6. The van der Waals surface area contributed by atoms with Crippen LogP contribution < -0.4 is 14.8 Å². The summed E-state index contributed by atoms with van der Waals surface area (Å²) < 4.78 is 41.2. The fourth-order valence-corrected chi connectivity index (χ4v) is 3.99. The Bertz CT molecular complexity index is 899. The number of halogens is 1. The van der Waals surface area contributed by atoms with Crippen LogP contribution in [0.25, 0.3) is 5.57 Å². The summed E-state index contributed by atoms with van der Waals surface area (Å²) in [5.41, 5.74) is 5.47. The minimum absolute atomic E-state index is 0.0771. The number of benzene rings is 1. The fraction of sp³-hybridized carbons (Fsp3) is 0.286. The molecule has 0 aromatic heterocycles. The van der Waals surface area contributed by atoms with Gasteiger partial charge in [-0.05, 0) is 24.1 Å². The second kappa shape index (κ2) is 5.92. The Hall–Kier alpha value is -2.82. The molecule has 0 atom stereocenters. The Kier molecular flexibility index (Phi) is 4.03. The molecule has 3 rings (SSSR count). The maximum absolute atomic E-state index is 15.0. The summed E-state index contributed by atoms with van der Waals surface area (Å²) >= 11 is 0. The van der Waals surface area contributed by atoms with E-state index in [1.54, 1.807) is 15.7 Å². The number of anilines is 1. The van der Waals surface area contributed by atoms with Gasteiger partial charge in [-0.25, -0.2) is 13.4 Å². The molecular formula is C14H16FN5O4S. The number of nitrogens with zero attached hydrogens (tertiary/aromatic N) is 2. The van der Waals surface area contributed by atoms with E-state index in [2.05, 4.69) is 0 Å². The Labute approximate surface area is 143 Å². The monoisotopic (exact) mass is 369 g/mol. The smallest absolute Gasteiger partial charge is 0.326 e. The highest BCUT2D eigenvalue weighted by Crippen LogP contribution is 2.37. The van der Waals surface area contributed by atoms with Crippen molar-refractivity contribution >= 4 is 33.3 Å². The highest BCUT2D eigenvalue weighted by molar-refractivity contribution is 7.92. The zero-order valence-corrected chi connectivity index (χ0v) is 13.8. The van der Waals surface area contributed by atoms with Crippen LogP contribution in [0, 0.1) is 11.2 Å². The molecule has 0 spiro atoms. The first-order valence-electron chi connectivity index (χ1n) is 7.34. The zero-order chi connectivity index (χ0) is 18.4. The van der Waals surface area contributed by atoms with Crippen LogP contribution in [-0.2, 0) is 15.0 Å². The van der Waals surface area contributed by atoms with Gasteiger partial charge < -0.3 is 15.7 Å². The Morgan fingerprint density at radius 2 is 2.08 bits per heavy atom. The number of carbonyl (C=O) groups is 1. The van der Waals surface area contributed by atoms with E-state index in [0.29, 0.717) is 22.8 Å². The van der Waals surface area contributed by atoms with Crippen LogP contribution in [0.2, 0.25) is 0 Å². The number of guanidine groups is 1. The predicted molar refractivity (Wildman–Crippen MR) is 88.6 cm³/mol. The summed E-state index contributed by atoms with van der Waals surface area (Å²) in [6.45, 7) is 0.0829. The zero-order valence-electron chi connectivity index (χ0n) is 13.0. The number of hydrogen-bond donors (Lipinski definition) is 4. The molecule has 1 fully saturated rings. The third-order valence-electron chi connectivity index (χ3n) is 4.00. The number of nitrogens with two attached hydrogens (primary N) is 1. The van der Waals surface area contributed by atoms with Gasteiger partial charge in [-0.3, -0.25) is 10.2 Å². The molecule has 1 amide bonds. The first-order chi connectivity index (χ1) is 11.7. The minimum atomic E-state index is -4.26. The number of phenolic OH excluding ortho intramolecular Hbond substituents is 1. The van der Waals surface area contributed by atoms with Crippen molar-refractivity contribution < 1.29 is 22.7 Å². The average Bonchev–Trinajstić information content (AvgIpc) is 2.80. The van der Waals surface area contributed by atoms with E-state index in [0.717, 1.165) is 0 Å². The van der Waals surface area contributed by atoms with Crippen molar-refractivity contribution in [1.29, 1.82) is 5.41 Å². The third kappa shape index (κ3) is 2.97. The maximum atomic E-state index is 15.0. The number of carbonyl (C=O) groups excluding carboxylic acids is 1. The lowest BCUT2D eigenvalue weighted by Crippen LogP contribution is -2.39. The lowest BCUT2D eigenvalue weighted by molar-refractivity contribution is -0.117. The summed E-state index contributed by atoms with van der Waals surface area (Å²) in [6.07, 6.45) is 2.30. The van der Waals surface area contributed by atoms with Crippen LogP contribution in [0.4, 0.5) is 10.1 Å². The van der Waals surface area contributed by atoms with Gasteiger partial charge in [0.25, 0.3) is 5.91 Å². The molecule has 2 aliphatic heterocycles. The fourth-order valence-electron chi connectivity index (χ4n) is 2.83. The molecule has 0 bridgehead atoms. The van der Waals surface area contributed by atoms with Crippen LogP contribution in [0.1, 0.15) is 12.0 Å². The number of nitrogens with one attached hydrogen (secondary N) is 2. The van der Waals surface area contributed by atoms with E-state index >= 15 is 4.39 Å². The molecule has 1 aromatic carbocycles. The molecule has 2 aliphatic rings. The Morgan fingerprint density at radius 1 is 1.36 bits per heavy atom. The van der Waals surface area contributed by atoms with Gasteiger partial charge in [0, 0.05) is 18.7 Å². The van der Waals surface area contributed by atoms with Crippen molar-refractivity contribution in [3.8, 4) is 5.75 Å². The number of amides is 1. The topological polar surface area (TPSA) is 140 Å². The van der Waals surface area contributed by atoms with Crippen molar-refractivity contribution in [3.05, 3.63) is 29.6 Å². The minimum Gasteiger partial charge on any atom is -0.506 e. The molecule has 25 heavy (non-hydrogen) atoms. The number of aromatic hydroxyl groups is 1. The standard InChI is InChI=1S/C14H16FN5O4S/c15-12-9(8-2-1-5-19(6-8)14(16)17)3-4-10(21)13(12)20-7-11(22)18-25(20,23)24/h2-4,21H,1,5-7H2,(H3,16,17)(H,18,22). The molecule has 9 nitrogen and oxygen atoms in total. The molecule has 0 aliphatic carbocycles. The molecule has 5 N–H and O–H groups in total. The molecule has 0 saturated carbocycles. The number of phenols is 1. The van der Waals surface area contributed by atoms with E-state index in [1.165, 1.54) is 12.1 Å². The van der Waals surface area contributed by atoms with Crippen molar-refractivity contribution in [3.63, 3.8) is 0 Å². The van der Waals surface area contributed by atoms with Gasteiger partial charge in [0.1, 0.15) is 18.0 Å². The van der Waals surface area contributed by atoms with Crippen LogP contribution >= 0.6 is 0 Å². The van der Waals surface area contributed by atoms with E-state index in [-0.39, 0.29) is 18.1 Å². The van der Waals surface area contributed by atoms with Gasteiger partial charge in [0.15, 0.2) is 11.8 Å². The maximum Gasteiger partial charge on any atom is 0.326 e. The number of rotatable bonds is 2. The van der Waals surface area contributed by atoms with Crippen LogP contribution in [0.15, 0.2) is 18.2 Å². The molecule has 134 valence electrons. The summed E-state index contributed by atoms with van der Waals surface area (Å²) in [6, 6.07) is 2.49. The van der Waals surface area contributed by atoms with Crippen molar-refractivity contribution in [2.24, 2.45) is 5.73 Å². The molecule has 1 saturated heterocycles. The molecule has 0 radical (unpaired) electrons. The number of hydrogen-bond acceptors (Lipinski definition) is 5. The molecule has 0 unspecified atom stereocenters. The van der Waals surface area contributed by atoms with Gasteiger partial charge in [-0.15, -0.1) is 0 Å². The van der Waals surface area contributed by atoms with Crippen LogP contribution in [-0.4, -0.2) is 49.9 Å². The third-order valence-corrected chi connectivity index (χ3v) is 5.38. The first kappa shape index (κ1) is 17.0. The lowest BCUT2D eigenvalue weighted by Gasteiger charge is -2.28. The van der Waals surface area contributed by atoms with Gasteiger partial charge in [-0.2, -0.15) is 8.42 Å². The molecule has 2 heterocycles. The quantitative estimate of drug-likeness (QED) is 0.417. The summed E-state index contributed by atoms with van der Waals surface area (Å²) in [7, 11) is -4.26. The van der Waals surface area contributed by atoms with Crippen molar-refractivity contribution in [1.82, 2.24) is 9.62 Å². The Morgan fingerprint density at radius 3 is 2.68 bits per heavy atom. The van der Waals surface area contributed by atoms with Crippen molar-refractivity contribution in [2.75, 3.05) is 23.9 Å². The molecular weight excluding hydrogens is 353 g/mol. The second-order valence-corrected chi connectivity index (χ2v) is 7.25. The SMILES string of the molecule is N=C(N)N1CCC=C(c2ccc(O)c(N3CC(=O)NS3(=O)=O)c2F)C1. The molecule has 1 aromatic rings. The van der Waals surface area contributed by atoms with Crippen LogP contribution in [0.5, 0.6) is 5.75 Å². The van der Waals surface area contributed by atoms with Gasteiger partial charge in [-0.1, -0.05) is 6.08 Å². The summed E-state index contributed by atoms with van der Waals surface area (Å²) in [5.74, 6) is -2.52.